The van der Waals surface area contributed by atoms with E-state index in [1.807, 2.05) is 24.4 Å². The van der Waals surface area contributed by atoms with Gasteiger partial charge in [-0.2, -0.15) is 0 Å². The number of aromatic nitrogens is 3. The maximum Gasteiger partial charge on any atom is 0.149 e. The average Bonchev–Trinajstić information content (AvgIpc) is 3.90. The minimum atomic E-state index is -0.359. The number of hydrogen-bond donors (Lipinski definition) is 1. The Morgan fingerprint density at radius 2 is 1.23 bits per heavy atom. The fraction of sp³-hybridized carbons (Fsp3) is 0.119. The summed E-state index contributed by atoms with van der Waals surface area (Å²) in [6.07, 6.45) is 1.95. The average molecular weight is 830 g/mol. The third-order valence-electron chi connectivity index (χ3n) is 13.0. The predicted octanol–water partition coefficient (Wildman–Crippen LogP) is 15.5. The summed E-state index contributed by atoms with van der Waals surface area (Å²) in [4.78, 5) is 10.7. The topological polar surface area (TPSA) is 64.1 Å². The van der Waals surface area contributed by atoms with Crippen molar-refractivity contribution in [2.24, 2.45) is 0 Å². The van der Waals surface area contributed by atoms with Crippen molar-refractivity contribution >= 4 is 43.7 Å². The standard InChI is InChI=1S/C59H47N3O2/c1-58(2,3)42-28-30-51(48(34-42)37-17-8-6-9-18-37)62-52-25-16-24-44(55(52)61-57(62)47-23-14-15-26-53(47)63)39-31-40(33-43(32-39)59(4,5)41-20-10-7-11-21-41)50-35-54-49(36-60-50)46-29-27-38-19-12-13-22-45(38)56(46)64-54/h6-36,63H,1-5H3. The number of benzene rings is 8. The Kier molecular flexibility index (Phi) is 9.14. The zero-order valence-corrected chi connectivity index (χ0v) is 36.6. The SMILES string of the molecule is CC(C)(C)c1ccc(-n2c(-c3ccccc3O)nc3c(-c4cc(-c5cc6oc7c8ccccc8ccc7c6cn5)cc(C(C)(C)c5ccccc5)c4)cccc32)c(-c2ccccc2)c1. The molecule has 0 unspecified atom stereocenters. The van der Waals surface area contributed by atoms with Crippen LogP contribution in [0.25, 0.3) is 94.3 Å². The molecule has 0 aliphatic carbocycles. The van der Waals surface area contributed by atoms with E-state index in [4.69, 9.17) is 14.4 Å². The van der Waals surface area contributed by atoms with Crippen LogP contribution >= 0.6 is 0 Å². The van der Waals surface area contributed by atoms with Crippen LogP contribution in [-0.2, 0) is 10.8 Å². The van der Waals surface area contributed by atoms with Crippen LogP contribution in [0.3, 0.4) is 0 Å². The van der Waals surface area contributed by atoms with Crippen molar-refractivity contribution < 1.29 is 9.52 Å². The van der Waals surface area contributed by atoms with Crippen molar-refractivity contribution in [1.82, 2.24) is 14.5 Å². The Balaban J connectivity index is 1.17. The zero-order chi connectivity index (χ0) is 43.7. The lowest BCUT2D eigenvalue weighted by molar-refractivity contribution is 0.477. The van der Waals surface area contributed by atoms with Gasteiger partial charge in [0, 0.05) is 50.5 Å². The molecule has 0 spiro atoms. The first-order valence-corrected chi connectivity index (χ1v) is 21.9. The number of aromatic hydroxyl groups is 1. The van der Waals surface area contributed by atoms with Gasteiger partial charge < -0.3 is 9.52 Å². The number of furan rings is 1. The number of phenolic OH excluding ortho intramolecular Hbond substituents is 1. The Bertz CT molecular complexity index is 3570. The number of fused-ring (bicyclic) bond motifs is 6. The molecule has 0 bridgehead atoms. The smallest absolute Gasteiger partial charge is 0.149 e. The summed E-state index contributed by atoms with van der Waals surface area (Å²) in [7, 11) is 0. The minimum absolute atomic E-state index is 0.0683. The van der Waals surface area contributed by atoms with E-state index in [2.05, 4.69) is 197 Å². The summed E-state index contributed by atoms with van der Waals surface area (Å²) in [5.41, 5.74) is 14.2. The Morgan fingerprint density at radius 1 is 0.516 bits per heavy atom. The van der Waals surface area contributed by atoms with E-state index in [0.717, 1.165) is 88.5 Å². The summed E-state index contributed by atoms with van der Waals surface area (Å²) >= 11 is 0. The van der Waals surface area contributed by atoms with Gasteiger partial charge in [-0.05, 0) is 87.1 Å². The summed E-state index contributed by atoms with van der Waals surface area (Å²) in [5.74, 6) is 0.828. The van der Waals surface area contributed by atoms with Crippen LogP contribution in [0.5, 0.6) is 5.75 Å². The predicted molar refractivity (Wildman–Crippen MR) is 264 cm³/mol. The molecule has 0 amide bonds. The first-order valence-electron chi connectivity index (χ1n) is 21.9. The van der Waals surface area contributed by atoms with Gasteiger partial charge in [0.2, 0.25) is 0 Å². The number of phenols is 1. The first kappa shape index (κ1) is 39.1. The van der Waals surface area contributed by atoms with Crippen molar-refractivity contribution in [3.8, 4) is 56.3 Å². The Morgan fingerprint density at radius 3 is 2.03 bits per heavy atom. The number of pyridine rings is 1. The zero-order valence-electron chi connectivity index (χ0n) is 36.6. The molecule has 11 aromatic rings. The molecule has 1 N–H and O–H groups in total. The maximum absolute atomic E-state index is 11.5. The lowest BCUT2D eigenvalue weighted by Gasteiger charge is -2.27. The number of nitrogens with zero attached hydrogens (tertiary/aromatic N) is 3. The summed E-state index contributed by atoms with van der Waals surface area (Å²) in [6, 6.07) is 63.4. The van der Waals surface area contributed by atoms with Gasteiger partial charge in [0.25, 0.3) is 0 Å². The Hall–Kier alpha value is -7.76. The van der Waals surface area contributed by atoms with Crippen molar-refractivity contribution in [3.05, 3.63) is 205 Å². The largest absolute Gasteiger partial charge is 0.507 e. The van der Waals surface area contributed by atoms with Crippen molar-refractivity contribution in [1.29, 1.82) is 0 Å². The summed E-state index contributed by atoms with van der Waals surface area (Å²) in [6.45, 7) is 11.3. The highest BCUT2D eigenvalue weighted by molar-refractivity contribution is 6.15. The molecule has 11 rings (SSSR count). The van der Waals surface area contributed by atoms with Crippen LogP contribution in [0.1, 0.15) is 51.3 Å². The first-order chi connectivity index (χ1) is 31.0. The minimum Gasteiger partial charge on any atom is -0.507 e. The van der Waals surface area contributed by atoms with E-state index in [1.54, 1.807) is 6.07 Å². The van der Waals surface area contributed by atoms with Crippen LogP contribution in [0.4, 0.5) is 0 Å². The maximum atomic E-state index is 11.5. The normalized spacial score (nSPS) is 12.2. The highest BCUT2D eigenvalue weighted by Gasteiger charge is 2.27. The van der Waals surface area contributed by atoms with Crippen LogP contribution in [0.15, 0.2) is 193 Å². The summed E-state index contributed by atoms with van der Waals surface area (Å²) < 4.78 is 8.90. The molecular formula is C59H47N3O2. The molecule has 64 heavy (non-hydrogen) atoms. The van der Waals surface area contributed by atoms with Crippen LogP contribution in [0, 0.1) is 0 Å². The molecule has 5 nitrogen and oxygen atoms in total. The van der Waals surface area contributed by atoms with Crippen LogP contribution in [-0.4, -0.2) is 19.6 Å². The fourth-order valence-corrected chi connectivity index (χ4v) is 9.34. The van der Waals surface area contributed by atoms with E-state index in [-0.39, 0.29) is 16.6 Å². The quantitative estimate of drug-likeness (QED) is 0.174. The van der Waals surface area contributed by atoms with Crippen molar-refractivity contribution in [2.75, 3.05) is 0 Å². The molecule has 310 valence electrons. The summed E-state index contributed by atoms with van der Waals surface area (Å²) in [5, 5.41) is 15.8. The van der Waals surface area contributed by atoms with Gasteiger partial charge in [0.05, 0.1) is 28.0 Å². The van der Waals surface area contributed by atoms with Crippen molar-refractivity contribution in [2.45, 2.75) is 45.4 Å². The van der Waals surface area contributed by atoms with Crippen molar-refractivity contribution in [3.63, 3.8) is 0 Å². The van der Waals surface area contributed by atoms with Gasteiger partial charge in [-0.25, -0.2) is 4.98 Å². The molecule has 0 atom stereocenters. The van der Waals surface area contributed by atoms with E-state index < -0.39 is 0 Å². The third-order valence-corrected chi connectivity index (χ3v) is 13.0. The number of hydrogen-bond acceptors (Lipinski definition) is 4. The lowest BCUT2D eigenvalue weighted by Crippen LogP contribution is -2.19. The van der Waals surface area contributed by atoms with Crippen LogP contribution < -0.4 is 0 Å². The van der Waals surface area contributed by atoms with Gasteiger partial charge in [-0.1, -0.05) is 162 Å². The molecule has 0 aliphatic rings. The van der Waals surface area contributed by atoms with E-state index >= 15 is 0 Å². The second-order valence-corrected chi connectivity index (χ2v) is 18.4. The lowest BCUT2D eigenvalue weighted by atomic mass is 9.76. The van der Waals surface area contributed by atoms with E-state index in [1.165, 1.54) is 11.1 Å². The van der Waals surface area contributed by atoms with Gasteiger partial charge >= 0.3 is 0 Å². The second-order valence-electron chi connectivity index (χ2n) is 18.4. The molecule has 0 fully saturated rings. The van der Waals surface area contributed by atoms with Crippen LogP contribution in [0.2, 0.25) is 0 Å². The molecule has 5 heteroatoms. The third kappa shape index (κ3) is 6.55. The molecule has 8 aromatic carbocycles. The van der Waals surface area contributed by atoms with Gasteiger partial charge in [-0.3, -0.25) is 9.55 Å². The second kappa shape index (κ2) is 15.0. The molecule has 0 aliphatic heterocycles. The number of imidazole rings is 1. The highest BCUT2D eigenvalue weighted by Crippen LogP contribution is 2.44. The number of para-hydroxylation sites is 2. The Labute approximate surface area is 373 Å². The molecule has 0 saturated carbocycles. The molecule has 3 aromatic heterocycles. The highest BCUT2D eigenvalue weighted by atomic mass is 16.3. The van der Waals surface area contributed by atoms with E-state index in [9.17, 15) is 5.11 Å². The van der Waals surface area contributed by atoms with Gasteiger partial charge in [-0.15, -0.1) is 0 Å². The fourth-order valence-electron chi connectivity index (χ4n) is 9.34. The molecule has 0 radical (unpaired) electrons. The number of rotatable bonds is 7. The van der Waals surface area contributed by atoms with E-state index in [0.29, 0.717) is 11.4 Å². The molecular weight excluding hydrogens is 783 g/mol. The van der Waals surface area contributed by atoms with Gasteiger partial charge in [0.15, 0.2) is 0 Å². The molecule has 3 heterocycles. The monoisotopic (exact) mass is 829 g/mol. The van der Waals surface area contributed by atoms with Gasteiger partial charge in [0.1, 0.15) is 22.7 Å². The molecule has 0 saturated heterocycles.